The fourth-order valence-electron chi connectivity index (χ4n) is 4.20. The van der Waals surface area contributed by atoms with Crippen LogP contribution in [-0.2, 0) is 22.4 Å². The summed E-state index contributed by atoms with van der Waals surface area (Å²) >= 11 is 1.39. The van der Waals surface area contributed by atoms with Crippen LogP contribution in [-0.4, -0.2) is 28.9 Å². The van der Waals surface area contributed by atoms with E-state index < -0.39 is 11.3 Å². The molecule has 2 N–H and O–H groups in total. The highest BCUT2D eigenvalue weighted by Crippen LogP contribution is 2.37. The van der Waals surface area contributed by atoms with Gasteiger partial charge >= 0.3 is 0 Å². The Kier molecular flexibility index (Phi) is 5.24. The number of rotatable bonds is 4. The standard InChI is InChI=1S/C25H21FN2O2S/c26-21-8-4-2-6-16(21)13-23-25(30)28-22(14-31-23)24(29)27-18-9-10-20-17(12-18)11-15-5-1-3-7-19(15)20/h1-10,12,22-23H,11,13-14H2,(H,27,29)(H,28,30)/t22-,23+/m0/s1. The smallest absolute Gasteiger partial charge is 0.247 e. The summed E-state index contributed by atoms with van der Waals surface area (Å²) in [5.41, 5.74) is 6.16. The van der Waals surface area contributed by atoms with Gasteiger partial charge in [-0.2, -0.15) is 0 Å². The van der Waals surface area contributed by atoms with Gasteiger partial charge in [-0.25, -0.2) is 4.39 Å². The van der Waals surface area contributed by atoms with Crippen molar-refractivity contribution in [2.24, 2.45) is 0 Å². The molecule has 0 spiro atoms. The molecule has 1 saturated heterocycles. The molecule has 2 aliphatic rings. The first-order valence-electron chi connectivity index (χ1n) is 10.3. The van der Waals surface area contributed by atoms with Crippen molar-refractivity contribution in [1.29, 1.82) is 0 Å². The quantitative estimate of drug-likeness (QED) is 0.509. The van der Waals surface area contributed by atoms with Crippen molar-refractivity contribution in [3.8, 4) is 11.1 Å². The Labute approximate surface area is 184 Å². The summed E-state index contributed by atoms with van der Waals surface area (Å²) in [5, 5.41) is 5.33. The molecule has 1 aliphatic heterocycles. The largest absolute Gasteiger partial charge is 0.343 e. The number of hydrogen-bond acceptors (Lipinski definition) is 3. The summed E-state index contributed by atoms with van der Waals surface area (Å²) in [5.74, 6) is -0.327. The Morgan fingerprint density at radius 2 is 1.81 bits per heavy atom. The number of carbonyl (C=O) groups excluding carboxylic acids is 2. The van der Waals surface area contributed by atoms with Gasteiger partial charge in [0.25, 0.3) is 0 Å². The summed E-state index contributed by atoms with van der Waals surface area (Å²) in [6.45, 7) is 0. The van der Waals surface area contributed by atoms with Crippen molar-refractivity contribution in [2.45, 2.75) is 24.1 Å². The molecule has 5 rings (SSSR count). The second-order valence-corrected chi connectivity index (χ2v) is 9.11. The molecule has 1 fully saturated rings. The molecule has 0 saturated carbocycles. The number of anilines is 1. The third-order valence-corrected chi connectivity index (χ3v) is 7.12. The van der Waals surface area contributed by atoms with Gasteiger partial charge in [0.1, 0.15) is 11.9 Å². The SMILES string of the molecule is O=C(Nc1ccc2c(c1)Cc1ccccc1-2)[C@@H]1CS[C@H](Cc2ccccc2F)C(=O)N1. The van der Waals surface area contributed by atoms with Crippen LogP contribution in [0, 0.1) is 5.82 Å². The zero-order valence-corrected chi connectivity index (χ0v) is 17.5. The summed E-state index contributed by atoms with van der Waals surface area (Å²) in [6.07, 6.45) is 1.16. The van der Waals surface area contributed by atoms with E-state index >= 15 is 0 Å². The van der Waals surface area contributed by atoms with Crippen LogP contribution >= 0.6 is 11.8 Å². The average molecular weight is 433 g/mol. The van der Waals surface area contributed by atoms with Gasteiger partial charge in [-0.3, -0.25) is 9.59 Å². The van der Waals surface area contributed by atoms with Crippen molar-refractivity contribution >= 4 is 29.3 Å². The lowest BCUT2D eigenvalue weighted by Crippen LogP contribution is -2.52. The number of benzene rings is 3. The lowest BCUT2D eigenvalue weighted by Gasteiger charge is -2.28. The maximum Gasteiger partial charge on any atom is 0.247 e. The molecule has 0 aromatic heterocycles. The van der Waals surface area contributed by atoms with Gasteiger partial charge in [0.15, 0.2) is 0 Å². The third kappa shape index (κ3) is 3.95. The molecule has 3 aromatic carbocycles. The van der Waals surface area contributed by atoms with E-state index in [-0.39, 0.29) is 17.6 Å². The van der Waals surface area contributed by atoms with Crippen LogP contribution in [0.5, 0.6) is 0 Å². The van der Waals surface area contributed by atoms with Crippen LogP contribution in [0.3, 0.4) is 0 Å². The monoisotopic (exact) mass is 432 g/mol. The minimum atomic E-state index is -0.611. The zero-order valence-electron chi connectivity index (χ0n) is 16.7. The van der Waals surface area contributed by atoms with Crippen LogP contribution in [0.25, 0.3) is 11.1 Å². The number of carbonyl (C=O) groups is 2. The van der Waals surface area contributed by atoms with Crippen LogP contribution in [0.15, 0.2) is 66.7 Å². The minimum Gasteiger partial charge on any atom is -0.343 e. The van der Waals surface area contributed by atoms with Crippen LogP contribution < -0.4 is 10.6 Å². The van der Waals surface area contributed by atoms with Gasteiger partial charge in [-0.05, 0) is 58.9 Å². The van der Waals surface area contributed by atoms with E-state index in [2.05, 4.69) is 22.8 Å². The summed E-state index contributed by atoms with van der Waals surface area (Å²) in [4.78, 5) is 25.3. The molecule has 1 heterocycles. The van der Waals surface area contributed by atoms with E-state index in [1.165, 1.54) is 40.1 Å². The molecule has 0 unspecified atom stereocenters. The molecule has 156 valence electrons. The second kappa shape index (κ2) is 8.19. The number of amides is 2. The van der Waals surface area contributed by atoms with Crippen LogP contribution in [0.1, 0.15) is 16.7 Å². The maximum absolute atomic E-state index is 13.9. The van der Waals surface area contributed by atoms with Gasteiger partial charge in [-0.15, -0.1) is 11.8 Å². The van der Waals surface area contributed by atoms with Gasteiger partial charge in [-0.1, -0.05) is 48.5 Å². The predicted molar refractivity (Wildman–Crippen MR) is 122 cm³/mol. The molecule has 6 heteroatoms. The highest BCUT2D eigenvalue weighted by Gasteiger charge is 2.33. The average Bonchev–Trinajstić information content (AvgIpc) is 3.14. The maximum atomic E-state index is 13.9. The Hall–Kier alpha value is -3.12. The Balaban J connectivity index is 1.22. The highest BCUT2D eigenvalue weighted by atomic mass is 32.2. The van der Waals surface area contributed by atoms with Gasteiger partial charge in [0, 0.05) is 11.4 Å². The predicted octanol–water partition coefficient (Wildman–Crippen LogP) is 4.18. The lowest BCUT2D eigenvalue weighted by molar-refractivity contribution is -0.126. The molecule has 2 amide bonds. The normalized spacial score (nSPS) is 19.3. The first-order valence-corrected chi connectivity index (χ1v) is 11.3. The van der Waals surface area contributed by atoms with Crippen molar-refractivity contribution in [2.75, 3.05) is 11.1 Å². The topological polar surface area (TPSA) is 58.2 Å². The highest BCUT2D eigenvalue weighted by molar-refractivity contribution is 8.00. The van der Waals surface area contributed by atoms with Crippen molar-refractivity contribution in [1.82, 2.24) is 5.32 Å². The fourth-order valence-corrected chi connectivity index (χ4v) is 5.38. The molecule has 31 heavy (non-hydrogen) atoms. The van der Waals surface area contributed by atoms with Crippen LogP contribution in [0.4, 0.5) is 10.1 Å². The van der Waals surface area contributed by atoms with E-state index in [1.54, 1.807) is 18.2 Å². The summed E-state index contributed by atoms with van der Waals surface area (Å²) < 4.78 is 13.9. The molecule has 2 atom stereocenters. The fraction of sp³-hybridized carbons (Fsp3) is 0.200. The molecule has 0 bridgehead atoms. The number of hydrogen-bond donors (Lipinski definition) is 2. The van der Waals surface area contributed by atoms with E-state index in [4.69, 9.17) is 0 Å². The van der Waals surface area contributed by atoms with E-state index in [1.807, 2.05) is 30.3 Å². The number of thioether (sulfide) groups is 1. The Bertz CT molecular complexity index is 1180. The Morgan fingerprint density at radius 3 is 2.65 bits per heavy atom. The molecular weight excluding hydrogens is 411 g/mol. The molecule has 0 radical (unpaired) electrons. The number of nitrogens with one attached hydrogen (secondary N) is 2. The van der Waals surface area contributed by atoms with E-state index in [9.17, 15) is 14.0 Å². The van der Waals surface area contributed by atoms with Gasteiger partial charge in [0.05, 0.1) is 5.25 Å². The second-order valence-electron chi connectivity index (χ2n) is 7.87. The minimum absolute atomic E-state index is 0.232. The summed E-state index contributed by atoms with van der Waals surface area (Å²) in [6, 6.07) is 20.1. The first-order chi connectivity index (χ1) is 15.1. The molecule has 1 aliphatic carbocycles. The van der Waals surface area contributed by atoms with E-state index in [0.717, 1.165) is 12.1 Å². The molecular formula is C25H21FN2O2S. The van der Waals surface area contributed by atoms with Crippen molar-refractivity contribution in [3.05, 3.63) is 89.2 Å². The van der Waals surface area contributed by atoms with E-state index in [0.29, 0.717) is 17.7 Å². The van der Waals surface area contributed by atoms with Crippen molar-refractivity contribution in [3.63, 3.8) is 0 Å². The lowest BCUT2D eigenvalue weighted by atomic mass is 10.1. The molecule has 4 nitrogen and oxygen atoms in total. The van der Waals surface area contributed by atoms with Crippen molar-refractivity contribution < 1.29 is 14.0 Å². The number of fused-ring (bicyclic) bond motifs is 3. The zero-order chi connectivity index (χ0) is 21.4. The number of halogens is 1. The Morgan fingerprint density at radius 1 is 1.03 bits per heavy atom. The molecule has 3 aromatic rings. The van der Waals surface area contributed by atoms with Gasteiger partial charge in [0.2, 0.25) is 11.8 Å². The van der Waals surface area contributed by atoms with Crippen LogP contribution in [0.2, 0.25) is 0 Å². The third-order valence-electron chi connectivity index (χ3n) is 5.81. The van der Waals surface area contributed by atoms with Gasteiger partial charge < -0.3 is 10.6 Å². The summed E-state index contributed by atoms with van der Waals surface area (Å²) in [7, 11) is 0. The first kappa shape index (κ1) is 19.8.